The summed E-state index contributed by atoms with van der Waals surface area (Å²) in [5, 5.41) is 5.19. The average molecular weight is 364 g/mol. The normalized spacial score (nSPS) is 17.8. The third-order valence-electron chi connectivity index (χ3n) is 5.16. The number of fused-ring (bicyclic) bond motifs is 1. The Labute approximate surface area is 158 Å². The number of benzene rings is 1. The SMILES string of the molecule is Cc1cccc(CN2CCN(c3nc(C)nc4c3cnn4C)[C@@H](C)C2=O)c1. The van der Waals surface area contributed by atoms with Crippen LogP contribution in [0.15, 0.2) is 30.5 Å². The van der Waals surface area contributed by atoms with Crippen molar-refractivity contribution in [2.24, 2.45) is 7.05 Å². The number of carbonyl (C=O) groups is 1. The molecule has 0 bridgehead atoms. The van der Waals surface area contributed by atoms with Gasteiger partial charge >= 0.3 is 0 Å². The minimum absolute atomic E-state index is 0.121. The smallest absolute Gasteiger partial charge is 0.245 e. The second-order valence-electron chi connectivity index (χ2n) is 7.22. The minimum Gasteiger partial charge on any atom is -0.342 e. The molecule has 0 unspecified atom stereocenters. The Kier molecular flexibility index (Phi) is 4.30. The van der Waals surface area contributed by atoms with E-state index in [9.17, 15) is 4.79 Å². The molecule has 1 aliphatic heterocycles. The van der Waals surface area contributed by atoms with Crippen molar-refractivity contribution in [2.45, 2.75) is 33.4 Å². The second kappa shape index (κ2) is 6.64. The molecule has 2 aromatic heterocycles. The van der Waals surface area contributed by atoms with E-state index >= 15 is 0 Å². The van der Waals surface area contributed by atoms with E-state index in [-0.39, 0.29) is 11.9 Å². The van der Waals surface area contributed by atoms with E-state index in [0.29, 0.717) is 18.9 Å². The van der Waals surface area contributed by atoms with E-state index < -0.39 is 0 Å². The highest BCUT2D eigenvalue weighted by atomic mass is 16.2. The van der Waals surface area contributed by atoms with Crippen LogP contribution in [-0.2, 0) is 18.4 Å². The molecule has 3 heterocycles. The molecule has 1 aromatic carbocycles. The largest absolute Gasteiger partial charge is 0.342 e. The molecule has 0 aliphatic carbocycles. The van der Waals surface area contributed by atoms with Crippen LogP contribution in [0.3, 0.4) is 0 Å². The predicted octanol–water partition coefficient (Wildman–Crippen LogP) is 2.22. The molecule has 1 amide bonds. The van der Waals surface area contributed by atoms with Crippen LogP contribution in [-0.4, -0.2) is 49.7 Å². The summed E-state index contributed by atoms with van der Waals surface area (Å²) in [5.41, 5.74) is 3.16. The summed E-state index contributed by atoms with van der Waals surface area (Å²) >= 11 is 0. The summed E-state index contributed by atoms with van der Waals surface area (Å²) in [4.78, 5) is 26.2. The van der Waals surface area contributed by atoms with Crippen molar-refractivity contribution in [3.63, 3.8) is 0 Å². The van der Waals surface area contributed by atoms with Crippen molar-refractivity contribution in [1.82, 2.24) is 24.6 Å². The fourth-order valence-electron chi connectivity index (χ4n) is 3.74. The molecule has 0 saturated carbocycles. The predicted molar refractivity (Wildman–Crippen MR) is 104 cm³/mol. The zero-order valence-corrected chi connectivity index (χ0v) is 16.2. The lowest BCUT2D eigenvalue weighted by molar-refractivity contribution is -0.134. The highest BCUT2D eigenvalue weighted by Crippen LogP contribution is 2.27. The van der Waals surface area contributed by atoms with Crippen molar-refractivity contribution in [2.75, 3.05) is 18.0 Å². The molecule has 1 saturated heterocycles. The summed E-state index contributed by atoms with van der Waals surface area (Å²) in [6, 6.07) is 8.04. The third-order valence-corrected chi connectivity index (χ3v) is 5.16. The number of carbonyl (C=O) groups excluding carboxylic acids is 1. The number of hydrogen-bond donors (Lipinski definition) is 0. The molecule has 1 aliphatic rings. The molecule has 7 heteroatoms. The molecule has 27 heavy (non-hydrogen) atoms. The molecule has 7 nitrogen and oxygen atoms in total. The molecule has 1 atom stereocenters. The molecule has 0 N–H and O–H groups in total. The standard InChI is InChI=1S/C20H24N6O/c1-13-6-5-7-16(10-13)12-25-8-9-26(14(2)20(25)27)19-17-11-21-24(4)18(17)22-15(3)23-19/h5-7,10-11,14H,8-9,12H2,1-4H3/t14-/m0/s1. The lowest BCUT2D eigenvalue weighted by Gasteiger charge is -2.40. The molecule has 0 radical (unpaired) electrons. The first-order chi connectivity index (χ1) is 12.9. The lowest BCUT2D eigenvalue weighted by Crippen LogP contribution is -2.55. The fraction of sp³-hybridized carbons (Fsp3) is 0.400. The molecule has 3 aromatic rings. The first-order valence-electron chi connectivity index (χ1n) is 9.21. The maximum atomic E-state index is 13.0. The number of nitrogens with zero attached hydrogens (tertiary/aromatic N) is 6. The zero-order valence-electron chi connectivity index (χ0n) is 16.2. The van der Waals surface area contributed by atoms with Crippen LogP contribution in [0.2, 0.25) is 0 Å². The minimum atomic E-state index is -0.277. The third kappa shape index (κ3) is 3.13. The fourth-order valence-corrected chi connectivity index (χ4v) is 3.74. The van der Waals surface area contributed by atoms with E-state index in [1.807, 2.05) is 31.9 Å². The Hall–Kier alpha value is -2.96. The van der Waals surface area contributed by atoms with Crippen LogP contribution >= 0.6 is 0 Å². The van der Waals surface area contributed by atoms with Crippen molar-refractivity contribution >= 4 is 22.8 Å². The first-order valence-corrected chi connectivity index (χ1v) is 9.21. The van der Waals surface area contributed by atoms with Crippen molar-refractivity contribution < 1.29 is 4.79 Å². The molecular formula is C20H24N6O. The van der Waals surface area contributed by atoms with Gasteiger partial charge in [-0.1, -0.05) is 29.8 Å². The van der Waals surface area contributed by atoms with Crippen LogP contribution in [0.4, 0.5) is 5.82 Å². The van der Waals surface area contributed by atoms with Gasteiger partial charge in [0.05, 0.1) is 11.6 Å². The molecule has 4 rings (SSSR count). The molecule has 140 valence electrons. The Morgan fingerprint density at radius 1 is 1.19 bits per heavy atom. The van der Waals surface area contributed by atoms with Gasteiger partial charge in [-0.2, -0.15) is 5.10 Å². The molecule has 0 spiro atoms. The maximum absolute atomic E-state index is 13.0. The van der Waals surface area contributed by atoms with Crippen LogP contribution in [0, 0.1) is 13.8 Å². The number of rotatable bonds is 3. The lowest BCUT2D eigenvalue weighted by atomic mass is 10.1. The van der Waals surface area contributed by atoms with Crippen LogP contribution < -0.4 is 4.90 Å². The molecule has 1 fully saturated rings. The number of anilines is 1. The van der Waals surface area contributed by atoms with Gasteiger partial charge in [0.15, 0.2) is 5.65 Å². The monoisotopic (exact) mass is 364 g/mol. The van der Waals surface area contributed by atoms with E-state index in [0.717, 1.165) is 29.0 Å². The number of amides is 1. The van der Waals surface area contributed by atoms with Gasteiger partial charge in [-0.3, -0.25) is 9.48 Å². The second-order valence-corrected chi connectivity index (χ2v) is 7.22. The zero-order chi connectivity index (χ0) is 19.1. The van der Waals surface area contributed by atoms with Crippen molar-refractivity contribution in [1.29, 1.82) is 0 Å². The van der Waals surface area contributed by atoms with Gasteiger partial charge in [0.2, 0.25) is 5.91 Å². The van der Waals surface area contributed by atoms with E-state index in [1.165, 1.54) is 5.56 Å². The van der Waals surface area contributed by atoms with E-state index in [1.54, 1.807) is 10.9 Å². The van der Waals surface area contributed by atoms with Gasteiger partial charge in [-0.25, -0.2) is 9.97 Å². The van der Waals surface area contributed by atoms with Crippen molar-refractivity contribution in [3.8, 4) is 0 Å². The first kappa shape index (κ1) is 17.5. The Balaban J connectivity index is 1.61. The Bertz CT molecular complexity index is 1010. The number of aromatic nitrogens is 4. The van der Waals surface area contributed by atoms with E-state index in [2.05, 4.69) is 45.1 Å². The summed E-state index contributed by atoms with van der Waals surface area (Å²) in [7, 11) is 1.87. The summed E-state index contributed by atoms with van der Waals surface area (Å²) in [6.45, 7) is 7.94. The van der Waals surface area contributed by atoms with E-state index in [4.69, 9.17) is 0 Å². The van der Waals surface area contributed by atoms with Gasteiger partial charge in [-0.05, 0) is 26.3 Å². The van der Waals surface area contributed by atoms with Gasteiger partial charge in [0, 0.05) is 26.7 Å². The van der Waals surface area contributed by atoms with Gasteiger partial charge in [0.1, 0.15) is 17.7 Å². The van der Waals surface area contributed by atoms with Gasteiger partial charge < -0.3 is 9.80 Å². The highest BCUT2D eigenvalue weighted by Gasteiger charge is 2.33. The van der Waals surface area contributed by atoms with Gasteiger partial charge in [-0.15, -0.1) is 0 Å². The summed E-state index contributed by atoms with van der Waals surface area (Å²) in [5.74, 6) is 1.60. The number of aryl methyl sites for hydroxylation is 3. The maximum Gasteiger partial charge on any atom is 0.245 e. The Morgan fingerprint density at radius 3 is 2.78 bits per heavy atom. The number of piperazine rings is 1. The number of hydrogen-bond acceptors (Lipinski definition) is 5. The van der Waals surface area contributed by atoms with Crippen molar-refractivity contribution in [3.05, 3.63) is 47.4 Å². The highest BCUT2D eigenvalue weighted by molar-refractivity contribution is 5.92. The van der Waals surface area contributed by atoms with Gasteiger partial charge in [0.25, 0.3) is 0 Å². The summed E-state index contributed by atoms with van der Waals surface area (Å²) in [6.07, 6.45) is 1.78. The average Bonchev–Trinajstić information content (AvgIpc) is 3.00. The Morgan fingerprint density at radius 2 is 2.00 bits per heavy atom. The quantitative estimate of drug-likeness (QED) is 0.713. The molecular weight excluding hydrogens is 340 g/mol. The topological polar surface area (TPSA) is 67.2 Å². The van der Waals surface area contributed by atoms with Crippen LogP contribution in [0.5, 0.6) is 0 Å². The summed E-state index contributed by atoms with van der Waals surface area (Å²) < 4.78 is 1.74. The van der Waals surface area contributed by atoms with Crippen LogP contribution in [0.1, 0.15) is 23.9 Å². The van der Waals surface area contributed by atoms with Crippen LogP contribution in [0.25, 0.3) is 11.0 Å².